The zero-order valence-corrected chi connectivity index (χ0v) is 16.8. The van der Waals surface area contributed by atoms with Crippen LogP contribution >= 0.6 is 15.9 Å². The Labute approximate surface area is 163 Å². The van der Waals surface area contributed by atoms with Crippen molar-refractivity contribution >= 4 is 22.0 Å². The fraction of sp³-hybridized carbons (Fsp3) is 0.318. The Bertz CT molecular complexity index is 785. The summed E-state index contributed by atoms with van der Waals surface area (Å²) >= 11 is 3.45. The van der Waals surface area contributed by atoms with Crippen LogP contribution in [0, 0.1) is 6.92 Å². The highest BCUT2D eigenvalue weighted by molar-refractivity contribution is 9.10. The summed E-state index contributed by atoms with van der Waals surface area (Å²) in [6.07, 6.45) is 2.92. The number of rotatable bonds is 5. The van der Waals surface area contributed by atoms with Gasteiger partial charge < -0.3 is 9.64 Å². The molecule has 0 N–H and O–H groups in total. The summed E-state index contributed by atoms with van der Waals surface area (Å²) in [6, 6.07) is 16.3. The summed E-state index contributed by atoms with van der Waals surface area (Å²) in [6.45, 7) is 8.61. The van der Waals surface area contributed by atoms with Crippen LogP contribution in [0.4, 0.5) is 4.79 Å². The number of hydrogen-bond donors (Lipinski definition) is 0. The largest absolute Gasteiger partial charge is 0.437 e. The van der Waals surface area contributed by atoms with E-state index in [-0.39, 0.29) is 12.1 Å². The Morgan fingerprint density at radius 1 is 1.23 bits per heavy atom. The van der Waals surface area contributed by atoms with E-state index in [4.69, 9.17) is 4.74 Å². The lowest BCUT2D eigenvalue weighted by Crippen LogP contribution is -2.48. The number of hydrogen-bond acceptors (Lipinski definition) is 2. The molecule has 1 saturated heterocycles. The molecule has 3 rings (SSSR count). The number of aryl methyl sites for hydroxylation is 1. The molecule has 1 aliphatic heterocycles. The number of benzene rings is 2. The van der Waals surface area contributed by atoms with E-state index >= 15 is 0 Å². The smallest absolute Gasteiger partial charge is 0.411 e. The van der Waals surface area contributed by atoms with Gasteiger partial charge in [0.15, 0.2) is 0 Å². The second-order valence-corrected chi connectivity index (χ2v) is 7.81. The molecular formula is C22H24BrNO2. The Kier molecular flexibility index (Phi) is 5.52. The van der Waals surface area contributed by atoms with Gasteiger partial charge in [-0.05, 0) is 37.1 Å². The molecule has 0 aromatic heterocycles. The van der Waals surface area contributed by atoms with Crippen LogP contribution in [0.25, 0.3) is 0 Å². The highest BCUT2D eigenvalue weighted by Gasteiger charge is 2.42. The Morgan fingerprint density at radius 2 is 1.88 bits per heavy atom. The van der Waals surface area contributed by atoms with Crippen molar-refractivity contribution in [1.29, 1.82) is 0 Å². The third-order valence-electron chi connectivity index (χ3n) is 5.15. The Morgan fingerprint density at radius 3 is 2.46 bits per heavy atom. The molecule has 0 radical (unpaired) electrons. The van der Waals surface area contributed by atoms with Crippen LogP contribution in [-0.2, 0) is 10.3 Å². The van der Waals surface area contributed by atoms with E-state index < -0.39 is 5.60 Å². The highest BCUT2D eigenvalue weighted by atomic mass is 79.9. The van der Waals surface area contributed by atoms with Crippen molar-refractivity contribution in [2.24, 2.45) is 0 Å². The molecule has 0 saturated carbocycles. The summed E-state index contributed by atoms with van der Waals surface area (Å²) < 4.78 is 7.05. The molecule has 26 heavy (non-hydrogen) atoms. The molecular weight excluding hydrogens is 390 g/mol. The molecule has 0 bridgehead atoms. The van der Waals surface area contributed by atoms with Gasteiger partial charge in [-0.1, -0.05) is 64.0 Å². The standard InChI is InChI=1S/C22H24BrNO2/c1-4-13-22(19-9-5-16(2)6-10-19)14-15-24(21(25)26-22)17(3)18-7-11-20(23)12-8-18/h4-12,17H,1,13-15H2,2-3H3/t17-,22+/m0/s1. The number of carbonyl (C=O) groups is 1. The zero-order chi connectivity index (χ0) is 18.7. The van der Waals surface area contributed by atoms with Crippen molar-refractivity contribution in [3.05, 3.63) is 82.3 Å². The van der Waals surface area contributed by atoms with Crippen LogP contribution in [0.1, 0.15) is 42.5 Å². The first-order chi connectivity index (χ1) is 12.4. The highest BCUT2D eigenvalue weighted by Crippen LogP contribution is 2.40. The summed E-state index contributed by atoms with van der Waals surface area (Å²) in [4.78, 5) is 14.7. The summed E-state index contributed by atoms with van der Waals surface area (Å²) in [5.74, 6) is 0. The van der Waals surface area contributed by atoms with Crippen LogP contribution in [0.2, 0.25) is 0 Å². The lowest BCUT2D eigenvalue weighted by atomic mass is 9.85. The number of cyclic esters (lactones) is 1. The third-order valence-corrected chi connectivity index (χ3v) is 5.67. The van der Waals surface area contributed by atoms with E-state index in [1.165, 1.54) is 5.56 Å². The van der Waals surface area contributed by atoms with Crippen molar-refractivity contribution in [2.45, 2.75) is 38.3 Å². The van der Waals surface area contributed by atoms with Gasteiger partial charge in [-0.3, -0.25) is 0 Å². The van der Waals surface area contributed by atoms with Gasteiger partial charge in [0.05, 0.1) is 6.04 Å². The SMILES string of the molecule is C=CC[C@]1(c2ccc(C)cc2)CCN([C@@H](C)c2ccc(Br)cc2)C(=O)O1. The summed E-state index contributed by atoms with van der Waals surface area (Å²) in [7, 11) is 0. The number of nitrogens with zero attached hydrogens (tertiary/aromatic N) is 1. The topological polar surface area (TPSA) is 29.5 Å². The van der Waals surface area contributed by atoms with Gasteiger partial charge in [-0.2, -0.15) is 0 Å². The normalized spacial score (nSPS) is 21.2. The maximum atomic E-state index is 12.9. The Balaban J connectivity index is 1.83. The van der Waals surface area contributed by atoms with Gasteiger partial charge in [-0.15, -0.1) is 6.58 Å². The van der Waals surface area contributed by atoms with E-state index in [9.17, 15) is 4.79 Å². The average Bonchev–Trinajstić information content (AvgIpc) is 2.63. The van der Waals surface area contributed by atoms with Crippen molar-refractivity contribution in [3.63, 3.8) is 0 Å². The molecule has 1 amide bonds. The first-order valence-electron chi connectivity index (χ1n) is 8.88. The summed E-state index contributed by atoms with van der Waals surface area (Å²) in [5.41, 5.74) is 2.70. The van der Waals surface area contributed by atoms with Crippen LogP contribution in [0.3, 0.4) is 0 Å². The van der Waals surface area contributed by atoms with Gasteiger partial charge in [-0.25, -0.2) is 4.79 Å². The number of carbonyl (C=O) groups excluding carboxylic acids is 1. The lowest BCUT2D eigenvalue weighted by molar-refractivity contribution is -0.0588. The molecule has 1 aliphatic rings. The maximum Gasteiger partial charge on any atom is 0.411 e. The molecule has 0 spiro atoms. The lowest BCUT2D eigenvalue weighted by Gasteiger charge is -2.43. The van der Waals surface area contributed by atoms with Crippen molar-refractivity contribution < 1.29 is 9.53 Å². The first-order valence-corrected chi connectivity index (χ1v) is 9.67. The zero-order valence-electron chi connectivity index (χ0n) is 15.2. The van der Waals surface area contributed by atoms with Crippen molar-refractivity contribution in [2.75, 3.05) is 6.54 Å². The minimum Gasteiger partial charge on any atom is -0.437 e. The molecule has 136 valence electrons. The molecule has 1 heterocycles. The van der Waals surface area contributed by atoms with E-state index in [2.05, 4.69) is 53.7 Å². The summed E-state index contributed by atoms with van der Waals surface area (Å²) in [5, 5.41) is 0. The third kappa shape index (κ3) is 3.70. The van der Waals surface area contributed by atoms with E-state index in [1.54, 1.807) is 4.90 Å². The number of ether oxygens (including phenoxy) is 1. The first kappa shape index (κ1) is 18.7. The van der Waals surface area contributed by atoms with Gasteiger partial charge in [0.2, 0.25) is 0 Å². The van der Waals surface area contributed by atoms with Crippen LogP contribution in [0.15, 0.2) is 65.7 Å². The Hall–Kier alpha value is -2.07. The predicted molar refractivity (Wildman–Crippen MR) is 108 cm³/mol. The van der Waals surface area contributed by atoms with Crippen LogP contribution < -0.4 is 0 Å². The maximum absolute atomic E-state index is 12.9. The fourth-order valence-electron chi connectivity index (χ4n) is 3.50. The molecule has 2 atom stereocenters. The molecule has 2 aromatic carbocycles. The number of amides is 1. The predicted octanol–water partition coefficient (Wildman–Crippen LogP) is 6.13. The quantitative estimate of drug-likeness (QED) is 0.551. The second-order valence-electron chi connectivity index (χ2n) is 6.89. The fourth-order valence-corrected chi connectivity index (χ4v) is 3.76. The van der Waals surface area contributed by atoms with Gasteiger partial charge in [0, 0.05) is 23.9 Å². The number of halogens is 1. The molecule has 0 unspecified atom stereocenters. The molecule has 0 aliphatic carbocycles. The van der Waals surface area contributed by atoms with E-state index in [0.29, 0.717) is 13.0 Å². The van der Waals surface area contributed by atoms with Crippen molar-refractivity contribution in [1.82, 2.24) is 4.90 Å². The van der Waals surface area contributed by atoms with Crippen LogP contribution in [-0.4, -0.2) is 17.5 Å². The van der Waals surface area contributed by atoms with Gasteiger partial charge in [0.25, 0.3) is 0 Å². The molecule has 1 fully saturated rings. The molecule has 2 aromatic rings. The van der Waals surface area contributed by atoms with Gasteiger partial charge >= 0.3 is 6.09 Å². The minimum absolute atomic E-state index is 0.0321. The average molecular weight is 414 g/mol. The van der Waals surface area contributed by atoms with Gasteiger partial charge in [0.1, 0.15) is 5.60 Å². The molecule has 3 nitrogen and oxygen atoms in total. The van der Waals surface area contributed by atoms with E-state index in [0.717, 1.165) is 22.0 Å². The second kappa shape index (κ2) is 7.67. The van der Waals surface area contributed by atoms with Crippen molar-refractivity contribution in [3.8, 4) is 0 Å². The van der Waals surface area contributed by atoms with E-state index in [1.807, 2.05) is 37.3 Å². The minimum atomic E-state index is -0.623. The molecule has 4 heteroatoms. The van der Waals surface area contributed by atoms with Crippen LogP contribution in [0.5, 0.6) is 0 Å². The monoisotopic (exact) mass is 413 g/mol.